The van der Waals surface area contributed by atoms with Gasteiger partial charge in [-0.25, -0.2) is 0 Å². The molecule has 1 aliphatic rings. The van der Waals surface area contributed by atoms with Crippen LogP contribution in [-0.2, 0) is 17.8 Å². The van der Waals surface area contributed by atoms with Crippen molar-refractivity contribution in [2.75, 3.05) is 13.1 Å². The van der Waals surface area contributed by atoms with Crippen LogP contribution in [-0.4, -0.2) is 34.3 Å². The van der Waals surface area contributed by atoms with Gasteiger partial charge in [0, 0.05) is 11.9 Å². The number of nitrogens with zero attached hydrogens (tertiary/aromatic N) is 3. The van der Waals surface area contributed by atoms with Gasteiger partial charge in [0.2, 0.25) is 0 Å². The minimum atomic E-state index is 0.294. The highest BCUT2D eigenvalue weighted by Crippen LogP contribution is 2.11. The summed E-state index contributed by atoms with van der Waals surface area (Å²) in [4.78, 5) is 8.57. The lowest BCUT2D eigenvalue weighted by molar-refractivity contribution is 0.00859. The summed E-state index contributed by atoms with van der Waals surface area (Å²) < 4.78 is 11.0. The number of hydrogen-bond donors (Lipinski definition) is 1. The van der Waals surface area contributed by atoms with Crippen LogP contribution in [0.4, 0.5) is 0 Å². The molecule has 2 aromatic heterocycles. The fraction of sp³-hybridized carbons (Fsp3) is 0.500. The highest BCUT2D eigenvalue weighted by Gasteiger charge is 2.15. The number of piperidine rings is 1. The van der Waals surface area contributed by atoms with E-state index in [9.17, 15) is 0 Å². The first-order valence-electron chi connectivity index (χ1n) is 6.94. The van der Waals surface area contributed by atoms with E-state index in [1.807, 2.05) is 18.2 Å². The Morgan fingerprint density at radius 1 is 1.30 bits per heavy atom. The largest absolute Gasteiger partial charge is 0.368 e. The third-order valence-corrected chi connectivity index (χ3v) is 3.30. The van der Waals surface area contributed by atoms with Gasteiger partial charge in [-0.3, -0.25) is 4.98 Å². The standard InChI is InChI=1S/C14H18N4O2/c1-2-6-16-11(3-1)9-13-17-14(20-18-13)10-19-12-4-7-15-8-5-12/h1-3,6,12,15H,4-5,7-10H2. The van der Waals surface area contributed by atoms with Crippen molar-refractivity contribution >= 4 is 0 Å². The Kier molecular flexibility index (Phi) is 4.35. The number of nitrogens with one attached hydrogen (secondary N) is 1. The molecule has 1 aliphatic heterocycles. The number of rotatable bonds is 5. The normalized spacial score (nSPS) is 16.4. The van der Waals surface area contributed by atoms with E-state index < -0.39 is 0 Å². The number of hydrogen-bond acceptors (Lipinski definition) is 6. The maximum Gasteiger partial charge on any atom is 0.252 e. The first-order valence-corrected chi connectivity index (χ1v) is 6.94. The van der Waals surface area contributed by atoms with E-state index in [1.54, 1.807) is 6.20 Å². The molecule has 0 saturated carbocycles. The molecule has 0 atom stereocenters. The second-order valence-electron chi connectivity index (χ2n) is 4.86. The second kappa shape index (κ2) is 6.58. The van der Waals surface area contributed by atoms with Crippen molar-refractivity contribution in [3.63, 3.8) is 0 Å². The minimum absolute atomic E-state index is 0.294. The van der Waals surface area contributed by atoms with E-state index in [0.29, 0.717) is 30.8 Å². The summed E-state index contributed by atoms with van der Waals surface area (Å²) in [6.07, 6.45) is 4.71. The Morgan fingerprint density at radius 2 is 2.20 bits per heavy atom. The van der Waals surface area contributed by atoms with Crippen molar-refractivity contribution in [2.45, 2.75) is 32.0 Å². The van der Waals surface area contributed by atoms with E-state index in [4.69, 9.17) is 9.26 Å². The summed E-state index contributed by atoms with van der Waals surface area (Å²) in [7, 11) is 0. The first-order chi connectivity index (χ1) is 9.90. The molecule has 1 N–H and O–H groups in total. The second-order valence-corrected chi connectivity index (χ2v) is 4.86. The van der Waals surface area contributed by atoms with Crippen LogP contribution in [0.15, 0.2) is 28.9 Å². The molecule has 6 heteroatoms. The van der Waals surface area contributed by atoms with E-state index in [2.05, 4.69) is 20.4 Å². The molecule has 0 aromatic carbocycles. The molecule has 6 nitrogen and oxygen atoms in total. The molecular formula is C14H18N4O2. The molecule has 0 bridgehead atoms. The predicted molar refractivity (Wildman–Crippen MR) is 72.0 cm³/mol. The molecule has 20 heavy (non-hydrogen) atoms. The van der Waals surface area contributed by atoms with Gasteiger partial charge in [-0.15, -0.1) is 0 Å². The van der Waals surface area contributed by atoms with Crippen LogP contribution in [0.1, 0.15) is 30.3 Å². The molecule has 1 fully saturated rings. The monoisotopic (exact) mass is 274 g/mol. The lowest BCUT2D eigenvalue weighted by Gasteiger charge is -2.21. The van der Waals surface area contributed by atoms with E-state index in [0.717, 1.165) is 31.6 Å². The Bertz CT molecular complexity index is 523. The van der Waals surface area contributed by atoms with Crippen molar-refractivity contribution in [2.24, 2.45) is 0 Å². The van der Waals surface area contributed by atoms with Gasteiger partial charge >= 0.3 is 0 Å². The lowest BCUT2D eigenvalue weighted by atomic mass is 10.1. The molecule has 0 amide bonds. The van der Waals surface area contributed by atoms with Crippen LogP contribution in [0.3, 0.4) is 0 Å². The van der Waals surface area contributed by atoms with Gasteiger partial charge < -0.3 is 14.6 Å². The molecule has 3 heterocycles. The molecule has 0 unspecified atom stereocenters. The van der Waals surface area contributed by atoms with Crippen molar-refractivity contribution in [1.82, 2.24) is 20.4 Å². The number of ether oxygens (including phenoxy) is 1. The van der Waals surface area contributed by atoms with Crippen LogP contribution in [0.2, 0.25) is 0 Å². The zero-order valence-electron chi connectivity index (χ0n) is 11.3. The van der Waals surface area contributed by atoms with Gasteiger partial charge in [-0.2, -0.15) is 4.98 Å². The van der Waals surface area contributed by atoms with E-state index in [1.165, 1.54) is 0 Å². The summed E-state index contributed by atoms with van der Waals surface area (Å²) in [6, 6.07) is 5.78. The zero-order chi connectivity index (χ0) is 13.6. The highest BCUT2D eigenvalue weighted by atomic mass is 16.5. The van der Waals surface area contributed by atoms with Crippen LogP contribution in [0.5, 0.6) is 0 Å². The quantitative estimate of drug-likeness (QED) is 0.886. The van der Waals surface area contributed by atoms with Crippen molar-refractivity contribution in [3.05, 3.63) is 41.8 Å². The Hall–Kier alpha value is -1.79. The Morgan fingerprint density at radius 3 is 3.00 bits per heavy atom. The Labute approximate surface area is 117 Å². The van der Waals surface area contributed by atoms with Gasteiger partial charge in [0.1, 0.15) is 6.61 Å². The summed E-state index contributed by atoms with van der Waals surface area (Å²) in [5.74, 6) is 1.18. The summed E-state index contributed by atoms with van der Waals surface area (Å²) in [5.41, 5.74) is 0.930. The summed E-state index contributed by atoms with van der Waals surface area (Å²) in [6.45, 7) is 2.42. The topological polar surface area (TPSA) is 73.1 Å². The Balaban J connectivity index is 1.51. The molecule has 0 radical (unpaired) electrons. The first kappa shape index (κ1) is 13.2. The molecule has 106 valence electrons. The van der Waals surface area contributed by atoms with E-state index in [-0.39, 0.29) is 0 Å². The van der Waals surface area contributed by atoms with Crippen LogP contribution in [0, 0.1) is 0 Å². The van der Waals surface area contributed by atoms with Gasteiger partial charge in [0.25, 0.3) is 5.89 Å². The molecular weight excluding hydrogens is 256 g/mol. The van der Waals surface area contributed by atoms with Crippen LogP contribution in [0.25, 0.3) is 0 Å². The molecule has 0 spiro atoms. The van der Waals surface area contributed by atoms with Gasteiger partial charge in [-0.05, 0) is 38.1 Å². The van der Waals surface area contributed by atoms with Gasteiger partial charge in [-0.1, -0.05) is 11.2 Å². The predicted octanol–water partition coefficient (Wildman–Crippen LogP) is 1.32. The third kappa shape index (κ3) is 3.61. The molecule has 2 aromatic rings. The van der Waals surface area contributed by atoms with Gasteiger partial charge in [0.05, 0.1) is 12.5 Å². The highest BCUT2D eigenvalue weighted by molar-refractivity contribution is 5.08. The van der Waals surface area contributed by atoms with Crippen molar-refractivity contribution < 1.29 is 9.26 Å². The van der Waals surface area contributed by atoms with Crippen molar-refractivity contribution in [1.29, 1.82) is 0 Å². The maximum absolute atomic E-state index is 5.78. The maximum atomic E-state index is 5.78. The SMILES string of the molecule is c1ccc(Cc2noc(COC3CCNCC3)n2)nc1. The zero-order valence-corrected chi connectivity index (χ0v) is 11.3. The summed E-state index contributed by atoms with van der Waals surface area (Å²) >= 11 is 0. The number of aromatic nitrogens is 3. The molecule has 1 saturated heterocycles. The van der Waals surface area contributed by atoms with Gasteiger partial charge in [0.15, 0.2) is 5.82 Å². The van der Waals surface area contributed by atoms with Crippen LogP contribution >= 0.6 is 0 Å². The lowest BCUT2D eigenvalue weighted by Crippen LogP contribution is -2.32. The smallest absolute Gasteiger partial charge is 0.252 e. The third-order valence-electron chi connectivity index (χ3n) is 3.30. The van der Waals surface area contributed by atoms with Crippen LogP contribution < -0.4 is 5.32 Å². The average molecular weight is 274 g/mol. The summed E-state index contributed by atoms with van der Waals surface area (Å²) in [5, 5.41) is 7.26. The average Bonchev–Trinajstić information content (AvgIpc) is 2.95. The number of pyridine rings is 1. The van der Waals surface area contributed by atoms with E-state index >= 15 is 0 Å². The van der Waals surface area contributed by atoms with Crippen molar-refractivity contribution in [3.8, 4) is 0 Å². The fourth-order valence-electron chi connectivity index (χ4n) is 2.24. The minimum Gasteiger partial charge on any atom is -0.368 e. The molecule has 0 aliphatic carbocycles. The fourth-order valence-corrected chi connectivity index (χ4v) is 2.24. The molecule has 3 rings (SSSR count).